The molecule has 0 rings (SSSR count). The fourth-order valence-corrected chi connectivity index (χ4v) is 2.63. The monoisotopic (exact) mass is 173 g/mol. The van der Waals surface area contributed by atoms with Crippen LogP contribution in [0.1, 0.15) is 0 Å². The summed E-state index contributed by atoms with van der Waals surface area (Å²) in [5, 5.41) is 0. The molecule has 1 unspecified atom stereocenters. The molecule has 0 saturated heterocycles. The molecule has 0 aliphatic rings. The molecule has 4 nitrogen and oxygen atoms in total. The highest BCUT2D eigenvalue weighted by Gasteiger charge is 2.32. The third-order valence-corrected chi connectivity index (χ3v) is 4.68. The molecule has 0 fully saturated rings. The summed E-state index contributed by atoms with van der Waals surface area (Å²) in [5.41, 5.74) is 0. The van der Waals surface area contributed by atoms with E-state index in [1.807, 2.05) is 0 Å². The molecule has 0 bridgehead atoms. The summed E-state index contributed by atoms with van der Waals surface area (Å²) >= 11 is 0. The van der Waals surface area contributed by atoms with E-state index in [4.69, 9.17) is 14.7 Å². The first kappa shape index (κ1) is 9.70. The molecule has 0 saturated carbocycles. The molecule has 6 heteroatoms. The van der Waals surface area contributed by atoms with Crippen LogP contribution in [0.4, 0.5) is 0 Å². The SMILES string of the molecule is CO[P+](C)(O)CP(O)O. The Morgan fingerprint density at radius 3 is 2.11 bits per heavy atom. The van der Waals surface area contributed by atoms with Gasteiger partial charge in [0, 0.05) is 0 Å². The summed E-state index contributed by atoms with van der Waals surface area (Å²) < 4.78 is 4.61. The Hall–Kier alpha value is 0.700. The van der Waals surface area contributed by atoms with Crippen LogP contribution in [0.3, 0.4) is 0 Å². The maximum absolute atomic E-state index is 9.08. The average Bonchev–Trinajstić information content (AvgIpc) is 1.63. The lowest BCUT2D eigenvalue weighted by atomic mass is 11.8. The van der Waals surface area contributed by atoms with Gasteiger partial charge in [-0.2, -0.15) is 0 Å². The zero-order chi connectivity index (χ0) is 7.49. The molecular formula is C3H11O4P2+. The van der Waals surface area contributed by atoms with Crippen LogP contribution in [0.15, 0.2) is 0 Å². The summed E-state index contributed by atoms with van der Waals surface area (Å²) in [5.74, 6) is -0.0289. The molecule has 0 aromatic carbocycles. The summed E-state index contributed by atoms with van der Waals surface area (Å²) in [6.07, 6.45) is 0. The van der Waals surface area contributed by atoms with E-state index in [1.54, 1.807) is 0 Å². The predicted octanol–water partition coefficient (Wildman–Crippen LogP) is 0.356. The fourth-order valence-electron chi connectivity index (χ4n) is 0.292. The molecule has 1 atom stereocenters. The van der Waals surface area contributed by atoms with Gasteiger partial charge in [-0.15, -0.1) is 0 Å². The lowest BCUT2D eigenvalue weighted by molar-refractivity contribution is 0.372. The van der Waals surface area contributed by atoms with Gasteiger partial charge in [0.15, 0.2) is 5.90 Å². The van der Waals surface area contributed by atoms with Crippen molar-refractivity contribution in [1.82, 2.24) is 0 Å². The number of hydrogen-bond acceptors (Lipinski definition) is 4. The number of hydrogen-bond donors (Lipinski definition) is 3. The van der Waals surface area contributed by atoms with E-state index < -0.39 is 16.1 Å². The van der Waals surface area contributed by atoms with Gasteiger partial charge in [0.1, 0.15) is 6.66 Å². The lowest BCUT2D eigenvalue weighted by Crippen LogP contribution is -1.95. The first-order valence-electron chi connectivity index (χ1n) is 2.27. The van der Waals surface area contributed by atoms with Gasteiger partial charge in [-0.3, -0.25) is 0 Å². The van der Waals surface area contributed by atoms with Gasteiger partial charge in [-0.05, 0) is 0 Å². The van der Waals surface area contributed by atoms with Gasteiger partial charge in [0.2, 0.25) is 8.38 Å². The van der Waals surface area contributed by atoms with Crippen LogP contribution < -0.4 is 0 Å². The Morgan fingerprint density at radius 1 is 1.56 bits per heavy atom. The standard InChI is InChI=1S/C3H11O4P2/c1-7-9(2,6)3-8(4)5/h4-6H,3H2,1-2H3/q+1. The average molecular weight is 173 g/mol. The van der Waals surface area contributed by atoms with Crippen molar-refractivity contribution in [3.05, 3.63) is 0 Å². The van der Waals surface area contributed by atoms with Gasteiger partial charge >= 0.3 is 0 Å². The zero-order valence-corrected chi connectivity index (χ0v) is 7.14. The Bertz CT molecular complexity index is 83.9. The summed E-state index contributed by atoms with van der Waals surface area (Å²) in [6.45, 7) is 1.48. The second-order valence-corrected chi connectivity index (χ2v) is 6.09. The highest BCUT2D eigenvalue weighted by atomic mass is 31.2. The van der Waals surface area contributed by atoms with Crippen LogP contribution in [0.2, 0.25) is 0 Å². The van der Waals surface area contributed by atoms with Crippen molar-refractivity contribution < 1.29 is 19.2 Å². The van der Waals surface area contributed by atoms with Crippen molar-refractivity contribution in [2.24, 2.45) is 0 Å². The Morgan fingerprint density at radius 2 is 2.00 bits per heavy atom. The molecular weight excluding hydrogens is 162 g/mol. The smallest absolute Gasteiger partial charge is 0.276 e. The van der Waals surface area contributed by atoms with Gasteiger partial charge in [0.05, 0.1) is 7.11 Å². The van der Waals surface area contributed by atoms with E-state index >= 15 is 0 Å². The molecule has 0 aromatic heterocycles. The van der Waals surface area contributed by atoms with Crippen LogP contribution >= 0.6 is 16.1 Å². The minimum absolute atomic E-state index is 0.0289. The maximum Gasteiger partial charge on any atom is 0.276 e. The number of rotatable bonds is 3. The third-order valence-electron chi connectivity index (χ3n) is 0.782. The second kappa shape index (κ2) is 3.77. The highest BCUT2D eigenvalue weighted by Crippen LogP contribution is 2.57. The highest BCUT2D eigenvalue weighted by molar-refractivity contribution is 7.74. The summed E-state index contributed by atoms with van der Waals surface area (Å²) in [7, 11) is -3.12. The molecule has 0 radical (unpaired) electrons. The molecule has 9 heavy (non-hydrogen) atoms. The van der Waals surface area contributed by atoms with Crippen molar-refractivity contribution in [3.8, 4) is 0 Å². The quantitative estimate of drug-likeness (QED) is 0.539. The van der Waals surface area contributed by atoms with Gasteiger partial charge in [-0.1, -0.05) is 0 Å². The van der Waals surface area contributed by atoms with E-state index in [1.165, 1.54) is 13.8 Å². The van der Waals surface area contributed by atoms with E-state index in [0.29, 0.717) is 0 Å². The summed E-state index contributed by atoms with van der Waals surface area (Å²) in [6, 6.07) is 0. The topological polar surface area (TPSA) is 69.9 Å². The largest absolute Gasteiger partial charge is 0.347 e. The van der Waals surface area contributed by atoms with E-state index in [2.05, 4.69) is 4.52 Å². The molecule has 0 amide bonds. The zero-order valence-electron chi connectivity index (χ0n) is 5.35. The summed E-state index contributed by atoms with van der Waals surface area (Å²) in [4.78, 5) is 25.9. The van der Waals surface area contributed by atoms with Crippen molar-refractivity contribution in [3.63, 3.8) is 0 Å². The Labute approximate surface area is 55.9 Å². The van der Waals surface area contributed by atoms with E-state index in [-0.39, 0.29) is 5.90 Å². The van der Waals surface area contributed by atoms with Gasteiger partial charge < -0.3 is 9.79 Å². The lowest BCUT2D eigenvalue weighted by Gasteiger charge is -2.10. The van der Waals surface area contributed by atoms with Crippen LogP contribution in [0.25, 0.3) is 0 Å². The Balaban J connectivity index is 3.58. The van der Waals surface area contributed by atoms with Crippen LogP contribution in [0.5, 0.6) is 0 Å². The molecule has 0 aliphatic heterocycles. The van der Waals surface area contributed by atoms with Crippen molar-refractivity contribution in [2.75, 3.05) is 19.7 Å². The van der Waals surface area contributed by atoms with Crippen LogP contribution in [0, 0.1) is 0 Å². The van der Waals surface area contributed by atoms with E-state index in [0.717, 1.165) is 0 Å². The predicted molar refractivity (Wildman–Crippen MR) is 38.3 cm³/mol. The molecule has 0 heterocycles. The van der Waals surface area contributed by atoms with Gasteiger partial charge in [0.25, 0.3) is 7.72 Å². The fraction of sp³-hybridized carbons (Fsp3) is 1.00. The molecule has 3 N–H and O–H groups in total. The Kier molecular flexibility index (Phi) is 4.06. The molecule has 0 aliphatic carbocycles. The van der Waals surface area contributed by atoms with Gasteiger partial charge in [-0.25, -0.2) is 9.42 Å². The van der Waals surface area contributed by atoms with Crippen LogP contribution in [-0.2, 0) is 4.52 Å². The first-order chi connectivity index (χ1) is 3.98. The second-order valence-electron chi connectivity index (χ2n) is 1.75. The minimum atomic E-state index is -2.45. The molecule has 0 spiro atoms. The minimum Gasteiger partial charge on any atom is -0.347 e. The first-order valence-corrected chi connectivity index (χ1v) is 5.99. The van der Waals surface area contributed by atoms with Crippen molar-refractivity contribution in [1.29, 1.82) is 0 Å². The van der Waals surface area contributed by atoms with E-state index in [9.17, 15) is 0 Å². The van der Waals surface area contributed by atoms with Crippen molar-refractivity contribution >= 4 is 16.1 Å². The molecule has 0 aromatic rings. The molecule has 56 valence electrons. The maximum atomic E-state index is 9.08. The van der Waals surface area contributed by atoms with Crippen LogP contribution in [-0.4, -0.2) is 34.4 Å². The third kappa shape index (κ3) is 5.16. The normalized spacial score (nSPS) is 18.0. The van der Waals surface area contributed by atoms with Crippen molar-refractivity contribution in [2.45, 2.75) is 0 Å².